The Morgan fingerprint density at radius 1 is 0.951 bits per heavy atom. The van der Waals surface area contributed by atoms with E-state index >= 15 is 0 Å². The Morgan fingerprint density at radius 2 is 1.61 bits per heavy atom. The van der Waals surface area contributed by atoms with Gasteiger partial charge in [-0.05, 0) is 38.0 Å². The van der Waals surface area contributed by atoms with Crippen LogP contribution in [0.1, 0.15) is 79.5 Å². The molecule has 2 amide bonds. The molecule has 0 aromatic heterocycles. The van der Waals surface area contributed by atoms with Crippen molar-refractivity contribution in [2.24, 2.45) is 0 Å². The third-order valence-electron chi connectivity index (χ3n) is 5.97. The molecule has 0 radical (unpaired) electrons. The SMILES string of the molecule is C=C(NCC(O)CC)Nc1cc(O)cc(C(=O)NCC(=O)N[C@H](CC(=O)O)c2cc(C)cc(C)c2O)c1.CCCC. The molecule has 0 aliphatic rings. The minimum atomic E-state index is -1.17. The highest BCUT2D eigenvalue weighted by atomic mass is 16.4. The Hall–Kier alpha value is -4.25. The zero-order chi connectivity index (χ0) is 31.1. The second-order valence-corrected chi connectivity index (χ2v) is 9.74. The van der Waals surface area contributed by atoms with Gasteiger partial charge in [-0.25, -0.2) is 0 Å². The number of aryl methyl sites for hydroxylation is 2. The molecule has 0 heterocycles. The summed E-state index contributed by atoms with van der Waals surface area (Å²) in [6, 6.07) is 6.35. The number of amides is 2. The van der Waals surface area contributed by atoms with Crippen molar-refractivity contribution < 1.29 is 34.8 Å². The Balaban J connectivity index is 0.00000196. The molecule has 0 aliphatic heterocycles. The number of rotatable bonds is 14. The maximum Gasteiger partial charge on any atom is 0.305 e. The van der Waals surface area contributed by atoms with Crippen LogP contribution in [0.25, 0.3) is 0 Å². The Bertz CT molecular complexity index is 1200. The van der Waals surface area contributed by atoms with E-state index in [-0.39, 0.29) is 29.2 Å². The van der Waals surface area contributed by atoms with E-state index in [1.165, 1.54) is 31.0 Å². The molecule has 2 aromatic rings. The maximum absolute atomic E-state index is 12.6. The first kappa shape index (κ1) is 34.8. The van der Waals surface area contributed by atoms with Gasteiger partial charge in [-0.15, -0.1) is 0 Å². The van der Waals surface area contributed by atoms with Crippen molar-refractivity contribution in [3.63, 3.8) is 0 Å². The number of benzene rings is 2. The Morgan fingerprint density at radius 3 is 2.20 bits per heavy atom. The predicted octanol–water partition coefficient (Wildman–Crippen LogP) is 3.83. The average molecular weight is 573 g/mol. The minimum Gasteiger partial charge on any atom is -0.508 e. The van der Waals surface area contributed by atoms with Crippen LogP contribution < -0.4 is 21.3 Å². The number of carbonyl (C=O) groups excluding carboxylic acids is 2. The smallest absolute Gasteiger partial charge is 0.305 e. The molecule has 0 saturated carbocycles. The predicted molar refractivity (Wildman–Crippen MR) is 159 cm³/mol. The van der Waals surface area contributed by atoms with Crippen molar-refractivity contribution in [1.82, 2.24) is 16.0 Å². The number of hydrogen-bond acceptors (Lipinski definition) is 8. The summed E-state index contributed by atoms with van der Waals surface area (Å²) in [5.41, 5.74) is 2.01. The van der Waals surface area contributed by atoms with Crippen LogP contribution in [0.15, 0.2) is 42.7 Å². The van der Waals surface area contributed by atoms with E-state index in [2.05, 4.69) is 41.7 Å². The molecule has 2 rings (SSSR count). The molecule has 0 bridgehead atoms. The van der Waals surface area contributed by atoms with Gasteiger partial charge in [-0.3, -0.25) is 14.4 Å². The zero-order valence-corrected chi connectivity index (χ0v) is 24.5. The van der Waals surface area contributed by atoms with Crippen LogP contribution in [-0.4, -0.2) is 57.4 Å². The number of aromatic hydroxyl groups is 2. The maximum atomic E-state index is 12.6. The molecule has 1 unspecified atom stereocenters. The molecular weight excluding hydrogens is 528 g/mol. The molecule has 2 atom stereocenters. The number of carboxylic acid groups (broad SMARTS) is 1. The number of nitrogens with one attached hydrogen (secondary N) is 4. The van der Waals surface area contributed by atoms with E-state index in [1.54, 1.807) is 26.0 Å². The summed E-state index contributed by atoms with van der Waals surface area (Å²) in [6.07, 6.45) is 2.18. The van der Waals surface area contributed by atoms with Crippen molar-refractivity contribution in [3.8, 4) is 11.5 Å². The number of carbonyl (C=O) groups is 3. The first-order valence-corrected chi connectivity index (χ1v) is 13.6. The van der Waals surface area contributed by atoms with E-state index in [1.807, 2.05) is 6.92 Å². The molecular formula is C30H44N4O7. The van der Waals surface area contributed by atoms with Gasteiger partial charge in [-0.1, -0.05) is 57.9 Å². The minimum absolute atomic E-state index is 0.0609. The first-order chi connectivity index (χ1) is 19.3. The number of aliphatic hydroxyl groups is 1. The molecule has 2 aromatic carbocycles. The molecule has 0 spiro atoms. The fraction of sp³-hybridized carbons (Fsp3) is 0.433. The largest absolute Gasteiger partial charge is 0.508 e. The van der Waals surface area contributed by atoms with Crippen LogP contribution in [0.4, 0.5) is 5.69 Å². The fourth-order valence-electron chi connectivity index (χ4n) is 3.60. The van der Waals surface area contributed by atoms with Gasteiger partial charge in [0.25, 0.3) is 5.91 Å². The quantitative estimate of drug-likeness (QED) is 0.167. The standard InChI is InChI=1S/C26H34N4O7.C4H10/c1-5-19(31)12-27-16(4)29-18-8-17(9-20(32)10-18)26(37)28-13-23(33)30-22(11-24(34)35)21-7-14(2)6-15(3)25(21)36;1-3-4-2/h6-10,19,22,27,29,31-32,36H,4-5,11-13H2,1-3H3,(H,28,37)(H,30,33)(H,34,35);3-4H2,1-2H3/t19?,22-;/m1./s1. The van der Waals surface area contributed by atoms with Crippen molar-refractivity contribution in [2.45, 2.75) is 72.4 Å². The lowest BCUT2D eigenvalue weighted by Crippen LogP contribution is -2.39. The lowest BCUT2D eigenvalue weighted by Gasteiger charge is -2.20. The number of aliphatic carboxylic acids is 1. The second-order valence-electron chi connectivity index (χ2n) is 9.74. The number of hydrogen-bond donors (Lipinski definition) is 8. The van der Waals surface area contributed by atoms with Crippen LogP contribution in [0, 0.1) is 13.8 Å². The van der Waals surface area contributed by atoms with Gasteiger partial charge in [0.2, 0.25) is 5.91 Å². The first-order valence-electron chi connectivity index (χ1n) is 13.6. The summed E-state index contributed by atoms with van der Waals surface area (Å²) in [5.74, 6) is -2.45. The van der Waals surface area contributed by atoms with Gasteiger partial charge in [0.05, 0.1) is 30.9 Å². The summed E-state index contributed by atoms with van der Waals surface area (Å²) < 4.78 is 0. The highest BCUT2D eigenvalue weighted by molar-refractivity contribution is 5.97. The van der Waals surface area contributed by atoms with E-state index in [4.69, 9.17) is 0 Å². The zero-order valence-electron chi connectivity index (χ0n) is 24.5. The molecule has 226 valence electrons. The molecule has 0 aliphatic carbocycles. The third-order valence-corrected chi connectivity index (χ3v) is 5.97. The van der Waals surface area contributed by atoms with Crippen LogP contribution in [0.5, 0.6) is 11.5 Å². The lowest BCUT2D eigenvalue weighted by atomic mass is 9.97. The van der Waals surface area contributed by atoms with Crippen molar-refractivity contribution in [1.29, 1.82) is 0 Å². The van der Waals surface area contributed by atoms with Gasteiger partial charge in [0.1, 0.15) is 11.5 Å². The second kappa shape index (κ2) is 17.4. The monoisotopic (exact) mass is 572 g/mol. The number of carboxylic acids is 1. The summed E-state index contributed by atoms with van der Waals surface area (Å²) in [4.78, 5) is 36.6. The summed E-state index contributed by atoms with van der Waals surface area (Å²) >= 11 is 0. The van der Waals surface area contributed by atoms with E-state index in [9.17, 15) is 34.8 Å². The molecule has 0 fully saturated rings. The van der Waals surface area contributed by atoms with Gasteiger partial charge in [-0.2, -0.15) is 0 Å². The highest BCUT2D eigenvalue weighted by Crippen LogP contribution is 2.31. The molecule has 8 N–H and O–H groups in total. The summed E-state index contributed by atoms with van der Waals surface area (Å²) in [5, 5.41) is 50.1. The number of unbranched alkanes of at least 4 members (excludes halogenated alkanes) is 1. The Labute approximate surface area is 241 Å². The normalized spacial score (nSPS) is 11.8. The van der Waals surface area contributed by atoms with Crippen LogP contribution in [-0.2, 0) is 9.59 Å². The van der Waals surface area contributed by atoms with Gasteiger partial charge < -0.3 is 41.7 Å². The summed E-state index contributed by atoms with van der Waals surface area (Å²) in [7, 11) is 0. The fourth-order valence-corrected chi connectivity index (χ4v) is 3.60. The van der Waals surface area contributed by atoms with E-state index < -0.39 is 42.9 Å². The van der Waals surface area contributed by atoms with Gasteiger partial charge >= 0.3 is 5.97 Å². The number of phenols is 2. The Kier molecular flexibility index (Phi) is 14.8. The number of phenolic OH excluding ortho intramolecular Hbond substituents is 2. The average Bonchev–Trinajstić information content (AvgIpc) is 2.91. The molecule has 0 saturated heterocycles. The van der Waals surface area contributed by atoms with E-state index in [0.29, 0.717) is 23.5 Å². The van der Waals surface area contributed by atoms with Gasteiger partial charge in [0.15, 0.2) is 0 Å². The molecule has 41 heavy (non-hydrogen) atoms. The van der Waals surface area contributed by atoms with Crippen LogP contribution >= 0.6 is 0 Å². The lowest BCUT2D eigenvalue weighted by molar-refractivity contribution is -0.137. The van der Waals surface area contributed by atoms with E-state index in [0.717, 1.165) is 5.56 Å². The highest BCUT2D eigenvalue weighted by Gasteiger charge is 2.23. The number of anilines is 1. The third kappa shape index (κ3) is 12.6. The van der Waals surface area contributed by atoms with Crippen LogP contribution in [0.3, 0.4) is 0 Å². The topological polar surface area (TPSA) is 180 Å². The van der Waals surface area contributed by atoms with Crippen molar-refractivity contribution >= 4 is 23.5 Å². The van der Waals surface area contributed by atoms with Crippen molar-refractivity contribution in [3.05, 3.63) is 65.0 Å². The molecule has 11 nitrogen and oxygen atoms in total. The molecule has 11 heteroatoms. The van der Waals surface area contributed by atoms with Crippen molar-refractivity contribution in [2.75, 3.05) is 18.4 Å². The van der Waals surface area contributed by atoms with Crippen LogP contribution in [0.2, 0.25) is 0 Å². The van der Waals surface area contributed by atoms with Gasteiger partial charge in [0, 0.05) is 29.4 Å². The number of aliphatic hydroxyl groups excluding tert-OH is 1. The summed E-state index contributed by atoms with van der Waals surface area (Å²) in [6.45, 7) is 13.2.